The summed E-state index contributed by atoms with van der Waals surface area (Å²) in [6, 6.07) is 7.49. The molecule has 1 fully saturated rings. The molecule has 1 heterocycles. The Hall–Kier alpha value is -0.950. The minimum atomic E-state index is -3.29. The second kappa shape index (κ2) is 6.04. The molecule has 0 spiro atoms. The van der Waals surface area contributed by atoms with Gasteiger partial charge in [-0.3, -0.25) is 4.90 Å². The highest BCUT2D eigenvalue weighted by Gasteiger charge is 2.36. The molecule has 0 unspecified atom stereocenters. The minimum absolute atomic E-state index is 0.0423. The van der Waals surface area contributed by atoms with Gasteiger partial charge in [0.15, 0.2) is 0 Å². The number of piperazine rings is 1. The van der Waals surface area contributed by atoms with Crippen molar-refractivity contribution >= 4 is 10.0 Å². The molecule has 0 radical (unpaired) electrons. The molecule has 0 saturated carbocycles. The number of sulfonamides is 1. The highest BCUT2D eigenvalue weighted by molar-refractivity contribution is 7.88. The van der Waals surface area contributed by atoms with Gasteiger partial charge in [-0.15, -0.1) is 0 Å². The summed E-state index contributed by atoms with van der Waals surface area (Å²) in [6.45, 7) is 6.42. The van der Waals surface area contributed by atoms with Crippen LogP contribution < -0.4 is 5.73 Å². The van der Waals surface area contributed by atoms with Gasteiger partial charge in [0.25, 0.3) is 0 Å². The highest BCUT2D eigenvalue weighted by atomic mass is 32.2. The number of benzene rings is 1. The Labute approximate surface area is 127 Å². The minimum Gasteiger partial charge on any atom is -0.326 e. The number of likely N-dealkylation sites (N-methyl/N-ethyl adjacent to an activating group) is 1. The summed E-state index contributed by atoms with van der Waals surface area (Å²) in [6.07, 6.45) is 0. The van der Waals surface area contributed by atoms with Gasteiger partial charge in [0.1, 0.15) is 0 Å². The van der Waals surface area contributed by atoms with Gasteiger partial charge in [0, 0.05) is 31.7 Å². The predicted octanol–water partition coefficient (Wildman–Crippen LogP) is 1.00. The summed E-state index contributed by atoms with van der Waals surface area (Å²) in [7, 11) is -1.25. The summed E-state index contributed by atoms with van der Waals surface area (Å²) < 4.78 is 26.9. The number of hydrogen-bond acceptors (Lipinski definition) is 4. The monoisotopic (exact) mass is 311 g/mol. The molecule has 1 aliphatic heterocycles. The van der Waals surface area contributed by atoms with Gasteiger partial charge in [0.2, 0.25) is 10.0 Å². The van der Waals surface area contributed by atoms with E-state index in [4.69, 9.17) is 5.73 Å². The standard InChI is InChI=1S/C15H25N3O2S/c1-15(2)12-18(8-7-17(15)3)21(19,20)11-14-6-4-5-13(9-14)10-16/h4-6,9H,7-8,10-12,16H2,1-3H3. The van der Waals surface area contributed by atoms with Gasteiger partial charge >= 0.3 is 0 Å². The topological polar surface area (TPSA) is 66.6 Å². The Kier molecular flexibility index (Phi) is 4.72. The molecule has 5 nitrogen and oxygen atoms in total. The van der Waals surface area contributed by atoms with Crippen LogP contribution in [-0.4, -0.2) is 49.8 Å². The van der Waals surface area contributed by atoms with Crippen molar-refractivity contribution in [2.45, 2.75) is 31.7 Å². The average Bonchev–Trinajstić information content (AvgIpc) is 2.41. The summed E-state index contributed by atoms with van der Waals surface area (Å²) >= 11 is 0. The van der Waals surface area contributed by atoms with Gasteiger partial charge in [-0.2, -0.15) is 4.31 Å². The predicted molar refractivity (Wildman–Crippen MR) is 85.2 cm³/mol. The molecular formula is C15H25N3O2S. The van der Waals surface area contributed by atoms with Crippen molar-refractivity contribution in [1.82, 2.24) is 9.21 Å². The second-order valence-corrected chi connectivity index (χ2v) is 8.32. The van der Waals surface area contributed by atoms with Crippen molar-refractivity contribution in [1.29, 1.82) is 0 Å². The molecule has 118 valence electrons. The molecule has 1 aliphatic rings. The van der Waals surface area contributed by atoms with Crippen LogP contribution in [0.15, 0.2) is 24.3 Å². The van der Waals surface area contributed by atoms with E-state index in [1.54, 1.807) is 4.31 Å². The fourth-order valence-corrected chi connectivity index (χ4v) is 4.24. The van der Waals surface area contributed by atoms with E-state index in [0.29, 0.717) is 19.6 Å². The Balaban J connectivity index is 2.15. The van der Waals surface area contributed by atoms with Gasteiger partial charge in [-0.1, -0.05) is 24.3 Å². The Morgan fingerprint density at radius 1 is 1.24 bits per heavy atom. The second-order valence-electron chi connectivity index (χ2n) is 6.35. The van der Waals surface area contributed by atoms with Crippen LogP contribution in [0, 0.1) is 0 Å². The van der Waals surface area contributed by atoms with Crippen LogP contribution in [0.5, 0.6) is 0 Å². The lowest BCUT2D eigenvalue weighted by Crippen LogP contribution is -2.58. The van der Waals surface area contributed by atoms with Gasteiger partial charge in [0.05, 0.1) is 5.75 Å². The largest absolute Gasteiger partial charge is 0.326 e. The lowest BCUT2D eigenvalue weighted by molar-refractivity contribution is 0.0801. The third kappa shape index (κ3) is 3.83. The van der Waals surface area contributed by atoms with E-state index in [1.165, 1.54) is 0 Å². The van der Waals surface area contributed by atoms with E-state index in [0.717, 1.165) is 17.7 Å². The molecule has 6 heteroatoms. The van der Waals surface area contributed by atoms with Crippen LogP contribution in [0.1, 0.15) is 25.0 Å². The summed E-state index contributed by atoms with van der Waals surface area (Å²) in [5.74, 6) is 0.0423. The summed E-state index contributed by atoms with van der Waals surface area (Å²) in [5.41, 5.74) is 7.24. The van der Waals surface area contributed by atoms with E-state index in [-0.39, 0.29) is 11.3 Å². The molecule has 1 saturated heterocycles. The van der Waals surface area contributed by atoms with Gasteiger partial charge < -0.3 is 5.73 Å². The normalized spacial score (nSPS) is 20.6. The van der Waals surface area contributed by atoms with Gasteiger partial charge in [-0.25, -0.2) is 8.42 Å². The molecule has 0 aliphatic carbocycles. The van der Waals surface area contributed by atoms with Crippen LogP contribution >= 0.6 is 0 Å². The van der Waals surface area contributed by atoms with E-state index >= 15 is 0 Å². The third-order valence-electron chi connectivity index (χ3n) is 4.25. The first-order chi connectivity index (χ1) is 9.74. The number of nitrogens with zero attached hydrogens (tertiary/aromatic N) is 2. The van der Waals surface area contributed by atoms with E-state index < -0.39 is 10.0 Å². The van der Waals surface area contributed by atoms with Crippen molar-refractivity contribution in [3.05, 3.63) is 35.4 Å². The first-order valence-corrected chi connectivity index (χ1v) is 8.82. The summed E-state index contributed by atoms with van der Waals surface area (Å²) in [5, 5.41) is 0. The molecule has 0 amide bonds. The molecule has 0 bridgehead atoms. The molecule has 0 aromatic heterocycles. The first-order valence-electron chi connectivity index (χ1n) is 7.21. The van der Waals surface area contributed by atoms with Crippen molar-refractivity contribution in [3.63, 3.8) is 0 Å². The van der Waals surface area contributed by atoms with Crippen molar-refractivity contribution < 1.29 is 8.42 Å². The summed E-state index contributed by atoms with van der Waals surface area (Å²) in [4.78, 5) is 2.20. The maximum atomic E-state index is 12.6. The van der Waals surface area contributed by atoms with Crippen LogP contribution in [-0.2, 0) is 22.3 Å². The Morgan fingerprint density at radius 3 is 2.52 bits per heavy atom. The van der Waals surface area contributed by atoms with Crippen molar-refractivity contribution in [2.75, 3.05) is 26.7 Å². The zero-order valence-corrected chi connectivity index (χ0v) is 13.9. The van der Waals surface area contributed by atoms with E-state index in [1.807, 2.05) is 31.3 Å². The zero-order chi connectivity index (χ0) is 15.7. The van der Waals surface area contributed by atoms with Gasteiger partial charge in [-0.05, 0) is 32.0 Å². The molecule has 2 rings (SSSR count). The maximum absolute atomic E-state index is 12.6. The maximum Gasteiger partial charge on any atom is 0.218 e. The van der Waals surface area contributed by atoms with Crippen molar-refractivity contribution in [2.24, 2.45) is 5.73 Å². The average molecular weight is 311 g/mol. The first kappa shape index (κ1) is 16.4. The quantitative estimate of drug-likeness (QED) is 0.901. The third-order valence-corrected chi connectivity index (χ3v) is 6.05. The van der Waals surface area contributed by atoms with Crippen LogP contribution in [0.2, 0.25) is 0 Å². The molecule has 1 aromatic rings. The van der Waals surface area contributed by atoms with Crippen molar-refractivity contribution in [3.8, 4) is 0 Å². The van der Waals surface area contributed by atoms with E-state index in [9.17, 15) is 8.42 Å². The molecular weight excluding hydrogens is 286 g/mol. The van der Waals surface area contributed by atoms with Crippen LogP contribution in [0.3, 0.4) is 0 Å². The molecule has 0 atom stereocenters. The fraction of sp³-hybridized carbons (Fsp3) is 0.600. The van der Waals surface area contributed by atoms with Crippen LogP contribution in [0.4, 0.5) is 0 Å². The molecule has 2 N–H and O–H groups in total. The zero-order valence-electron chi connectivity index (χ0n) is 13.0. The smallest absolute Gasteiger partial charge is 0.218 e. The molecule has 21 heavy (non-hydrogen) atoms. The highest BCUT2D eigenvalue weighted by Crippen LogP contribution is 2.23. The molecule has 1 aromatic carbocycles. The number of hydrogen-bond donors (Lipinski definition) is 1. The fourth-order valence-electron chi connectivity index (χ4n) is 2.58. The van der Waals surface area contributed by atoms with Crippen LogP contribution in [0.25, 0.3) is 0 Å². The lowest BCUT2D eigenvalue weighted by atomic mass is 10.0. The Bertz CT molecular complexity index is 599. The Morgan fingerprint density at radius 2 is 1.90 bits per heavy atom. The number of nitrogens with two attached hydrogens (primary N) is 1. The van der Waals surface area contributed by atoms with E-state index in [2.05, 4.69) is 18.7 Å². The number of rotatable bonds is 4. The lowest BCUT2D eigenvalue weighted by Gasteiger charge is -2.44. The SMILES string of the molecule is CN1CCN(S(=O)(=O)Cc2cccc(CN)c2)CC1(C)C.